The largest absolute Gasteiger partial charge is 0.374 e. The number of likely N-dealkylation sites (tertiary alicyclic amines) is 1. The molecule has 326 valence electrons. The summed E-state index contributed by atoms with van der Waals surface area (Å²) in [7, 11) is 0. The lowest BCUT2D eigenvalue weighted by molar-refractivity contribution is -0.133. The maximum atomic E-state index is 13.4. The highest BCUT2D eigenvalue weighted by molar-refractivity contribution is 6.01. The number of amides is 5. The zero-order valence-electron chi connectivity index (χ0n) is 35.9. The molecule has 0 saturated carbocycles. The molecular formula is C47H58N10O5. The molecule has 15 heteroatoms. The fourth-order valence-corrected chi connectivity index (χ4v) is 8.70. The summed E-state index contributed by atoms with van der Waals surface area (Å²) in [4.78, 5) is 67.7. The highest BCUT2D eigenvalue weighted by Crippen LogP contribution is 2.28. The Labute approximate surface area is 363 Å². The van der Waals surface area contributed by atoms with Crippen LogP contribution in [0, 0.1) is 12.8 Å². The minimum atomic E-state index is -0.492. The van der Waals surface area contributed by atoms with Crippen LogP contribution in [0.5, 0.6) is 0 Å². The molecule has 1 aromatic heterocycles. The quantitative estimate of drug-likeness (QED) is 0.127. The first-order chi connectivity index (χ1) is 30.0. The Morgan fingerprint density at radius 3 is 2.37 bits per heavy atom. The van der Waals surface area contributed by atoms with Gasteiger partial charge in [-0.25, -0.2) is 14.8 Å². The number of piperidine rings is 2. The Kier molecular flexibility index (Phi) is 13.3. The summed E-state index contributed by atoms with van der Waals surface area (Å²) in [6.45, 7) is 13.9. The molecular weight excluding hydrogens is 785 g/mol. The van der Waals surface area contributed by atoms with Crippen LogP contribution in [-0.4, -0.2) is 126 Å². The number of carbonyl (C=O) groups excluding carboxylic acids is 4. The third-order valence-electron chi connectivity index (χ3n) is 12.3. The number of carbonyl (C=O) groups is 4. The molecule has 5 heterocycles. The minimum Gasteiger partial charge on any atom is -0.374 e. The molecule has 1 unspecified atom stereocenters. The topological polar surface area (TPSA) is 164 Å². The average molecular weight is 843 g/mol. The van der Waals surface area contributed by atoms with Crippen molar-refractivity contribution in [2.45, 2.75) is 71.2 Å². The van der Waals surface area contributed by atoms with E-state index in [1.165, 1.54) is 5.69 Å². The highest BCUT2D eigenvalue weighted by Gasteiger charge is 2.32. The second kappa shape index (κ2) is 19.3. The molecule has 0 spiro atoms. The molecule has 3 aromatic carbocycles. The number of aryl methyl sites for hydroxylation is 1. The molecule has 62 heavy (non-hydrogen) atoms. The van der Waals surface area contributed by atoms with Crippen molar-refractivity contribution in [3.63, 3.8) is 0 Å². The summed E-state index contributed by atoms with van der Waals surface area (Å²) in [5.41, 5.74) is 7.35. The smallest absolute Gasteiger partial charge is 0.317 e. The van der Waals surface area contributed by atoms with E-state index in [4.69, 9.17) is 9.72 Å². The Balaban J connectivity index is 0.755. The Morgan fingerprint density at radius 1 is 0.871 bits per heavy atom. The summed E-state index contributed by atoms with van der Waals surface area (Å²) in [5.74, 6) is 0.556. The van der Waals surface area contributed by atoms with Crippen molar-refractivity contribution in [1.82, 2.24) is 35.3 Å². The Bertz CT molecular complexity index is 2230. The zero-order valence-corrected chi connectivity index (χ0v) is 35.9. The van der Waals surface area contributed by atoms with Crippen molar-refractivity contribution >= 4 is 46.8 Å². The fraction of sp³-hybridized carbons (Fsp3) is 0.447. The lowest BCUT2D eigenvalue weighted by Gasteiger charge is -2.39. The molecule has 1 atom stereocenters. The van der Waals surface area contributed by atoms with Crippen LogP contribution in [0.2, 0.25) is 0 Å². The number of benzene rings is 3. The SMILES string of the molecule is Cc1cc(-c2ccnc(Nc3ccc(N4CCC(CN5CCN(C(=O)c6cccc(NC7CCC(=O)NC7=O)c6)CC5)CC4)cc3)n2)ccc1CNC(=O)N1CC(OC(C)C)C1. The van der Waals surface area contributed by atoms with Crippen LogP contribution < -0.4 is 26.2 Å². The van der Waals surface area contributed by atoms with E-state index in [1.807, 2.05) is 55.1 Å². The van der Waals surface area contributed by atoms with Gasteiger partial charge in [-0.05, 0) is 112 Å². The summed E-state index contributed by atoms with van der Waals surface area (Å²) >= 11 is 0. The molecule has 8 rings (SSSR count). The third kappa shape index (κ3) is 10.7. The molecule has 4 fully saturated rings. The number of rotatable bonds is 13. The predicted octanol–water partition coefficient (Wildman–Crippen LogP) is 5.41. The first-order valence-corrected chi connectivity index (χ1v) is 22.0. The van der Waals surface area contributed by atoms with E-state index in [1.54, 1.807) is 17.2 Å². The monoisotopic (exact) mass is 842 g/mol. The van der Waals surface area contributed by atoms with Crippen LogP contribution in [0.1, 0.15) is 61.0 Å². The third-order valence-corrected chi connectivity index (χ3v) is 12.3. The fourth-order valence-electron chi connectivity index (χ4n) is 8.70. The predicted molar refractivity (Wildman–Crippen MR) is 239 cm³/mol. The molecule has 4 aromatic rings. The average Bonchev–Trinajstić information content (AvgIpc) is 3.26. The second-order valence-electron chi connectivity index (χ2n) is 17.2. The number of anilines is 4. The lowest BCUT2D eigenvalue weighted by atomic mass is 9.95. The van der Waals surface area contributed by atoms with Gasteiger partial charge in [0.15, 0.2) is 0 Å². The summed E-state index contributed by atoms with van der Waals surface area (Å²) in [6.07, 6.45) is 5.02. The van der Waals surface area contributed by atoms with Gasteiger partial charge in [0.25, 0.3) is 5.91 Å². The van der Waals surface area contributed by atoms with Gasteiger partial charge in [-0.2, -0.15) is 0 Å². The van der Waals surface area contributed by atoms with Gasteiger partial charge < -0.3 is 35.4 Å². The van der Waals surface area contributed by atoms with Gasteiger partial charge in [0, 0.05) is 93.2 Å². The van der Waals surface area contributed by atoms with Gasteiger partial charge in [0.05, 0.1) is 31.0 Å². The van der Waals surface area contributed by atoms with Crippen LogP contribution in [0.25, 0.3) is 11.3 Å². The highest BCUT2D eigenvalue weighted by atomic mass is 16.5. The number of aromatic nitrogens is 2. The van der Waals surface area contributed by atoms with E-state index < -0.39 is 6.04 Å². The molecule has 0 aliphatic carbocycles. The summed E-state index contributed by atoms with van der Waals surface area (Å²) in [5, 5.41) is 12.0. The van der Waals surface area contributed by atoms with Crippen LogP contribution in [0.4, 0.5) is 27.8 Å². The van der Waals surface area contributed by atoms with E-state index in [2.05, 4.69) is 73.3 Å². The number of hydrogen-bond donors (Lipinski definition) is 4. The van der Waals surface area contributed by atoms with E-state index in [-0.39, 0.29) is 36.0 Å². The number of imide groups is 1. The molecule has 0 radical (unpaired) electrons. The number of nitrogens with one attached hydrogen (secondary N) is 4. The number of ether oxygens (including phenoxy) is 1. The van der Waals surface area contributed by atoms with Gasteiger partial charge >= 0.3 is 6.03 Å². The summed E-state index contributed by atoms with van der Waals surface area (Å²) < 4.78 is 5.77. The van der Waals surface area contributed by atoms with E-state index in [9.17, 15) is 19.2 Å². The van der Waals surface area contributed by atoms with Gasteiger partial charge in [-0.1, -0.05) is 18.2 Å². The van der Waals surface area contributed by atoms with Gasteiger partial charge in [0.2, 0.25) is 17.8 Å². The van der Waals surface area contributed by atoms with Crippen molar-refractivity contribution in [2.75, 3.05) is 74.4 Å². The van der Waals surface area contributed by atoms with E-state index in [0.29, 0.717) is 68.7 Å². The first kappa shape index (κ1) is 42.6. The van der Waals surface area contributed by atoms with Crippen molar-refractivity contribution in [3.8, 4) is 11.3 Å². The molecule has 4 N–H and O–H groups in total. The van der Waals surface area contributed by atoms with Gasteiger partial charge in [-0.3, -0.25) is 24.6 Å². The Hall–Kier alpha value is -6.06. The molecule has 0 bridgehead atoms. The summed E-state index contributed by atoms with van der Waals surface area (Å²) in [6, 6.07) is 23.3. The minimum absolute atomic E-state index is 0.00174. The first-order valence-electron chi connectivity index (χ1n) is 22.0. The molecule has 4 aliphatic heterocycles. The lowest BCUT2D eigenvalue weighted by Crippen LogP contribution is -2.58. The van der Waals surface area contributed by atoms with E-state index >= 15 is 0 Å². The van der Waals surface area contributed by atoms with Crippen LogP contribution >= 0.6 is 0 Å². The van der Waals surface area contributed by atoms with Crippen molar-refractivity contribution in [1.29, 1.82) is 0 Å². The maximum absolute atomic E-state index is 13.4. The normalized spacial score (nSPS) is 19.0. The number of hydrogen-bond acceptors (Lipinski definition) is 11. The van der Waals surface area contributed by atoms with Crippen LogP contribution in [0.3, 0.4) is 0 Å². The van der Waals surface area contributed by atoms with E-state index in [0.717, 1.165) is 73.6 Å². The van der Waals surface area contributed by atoms with Gasteiger partial charge in [0.1, 0.15) is 6.04 Å². The Morgan fingerprint density at radius 2 is 1.65 bits per heavy atom. The number of urea groups is 1. The van der Waals surface area contributed by atoms with Crippen molar-refractivity contribution < 1.29 is 23.9 Å². The van der Waals surface area contributed by atoms with Crippen LogP contribution in [0.15, 0.2) is 79.0 Å². The molecule has 4 aliphatic rings. The molecule has 15 nitrogen and oxygen atoms in total. The molecule has 4 saturated heterocycles. The zero-order chi connectivity index (χ0) is 43.2. The van der Waals surface area contributed by atoms with Crippen molar-refractivity contribution in [2.24, 2.45) is 5.92 Å². The van der Waals surface area contributed by atoms with Crippen molar-refractivity contribution in [3.05, 3.63) is 95.7 Å². The standard InChI is InChI=1S/C47H58N10O5/c1-31(2)62-40-29-57(30-40)47(61)49-27-36-8-7-34(25-32(36)3)41-15-18-48-46(52-41)51-37-9-11-39(12-10-37)55-19-16-33(17-20-55)28-54-21-23-56(24-22-54)45(60)35-5-4-6-38(26-35)50-42-13-14-43(58)53-44(42)59/h4-12,15,18,25-26,31,33,40,42,50H,13-14,16-17,19-24,27-30H2,1-3H3,(H,49,61)(H,48,51,52)(H,53,58,59). The number of piperazine rings is 1. The number of nitrogens with zero attached hydrogens (tertiary/aromatic N) is 6. The molecule has 5 amide bonds. The second-order valence-corrected chi connectivity index (χ2v) is 17.2. The maximum Gasteiger partial charge on any atom is 0.317 e. The van der Waals surface area contributed by atoms with Crippen LogP contribution in [-0.2, 0) is 20.9 Å². The van der Waals surface area contributed by atoms with Gasteiger partial charge in [-0.15, -0.1) is 0 Å².